The van der Waals surface area contributed by atoms with E-state index in [1.54, 1.807) is 31.3 Å². The van der Waals surface area contributed by atoms with Crippen molar-refractivity contribution in [3.63, 3.8) is 0 Å². The lowest BCUT2D eigenvalue weighted by Gasteiger charge is -2.15. The summed E-state index contributed by atoms with van der Waals surface area (Å²) in [4.78, 5) is 29.1. The van der Waals surface area contributed by atoms with Crippen LogP contribution in [0.3, 0.4) is 0 Å². The maximum absolute atomic E-state index is 12.5. The number of fused-ring (bicyclic) bond motifs is 1. The molecule has 0 saturated carbocycles. The van der Waals surface area contributed by atoms with Crippen molar-refractivity contribution < 1.29 is 14.3 Å². The van der Waals surface area contributed by atoms with Crippen molar-refractivity contribution in [2.75, 3.05) is 5.32 Å². The summed E-state index contributed by atoms with van der Waals surface area (Å²) >= 11 is 0. The molecule has 0 saturated heterocycles. The van der Waals surface area contributed by atoms with E-state index in [0.717, 1.165) is 16.5 Å². The summed E-state index contributed by atoms with van der Waals surface area (Å²) in [6.45, 7) is 5.46. The Labute approximate surface area is 152 Å². The number of carbonyl (C=O) groups is 2. The molecule has 0 aliphatic carbocycles. The van der Waals surface area contributed by atoms with E-state index in [1.165, 1.54) is 0 Å². The average molecular weight is 348 g/mol. The van der Waals surface area contributed by atoms with E-state index in [9.17, 15) is 9.59 Å². The van der Waals surface area contributed by atoms with Crippen molar-refractivity contribution in [3.8, 4) is 0 Å². The largest absolute Gasteiger partial charge is 0.449 e. The number of nitrogens with one attached hydrogen (secondary N) is 1. The molecule has 26 heavy (non-hydrogen) atoms. The predicted molar refractivity (Wildman–Crippen MR) is 101 cm³/mol. The molecule has 5 nitrogen and oxygen atoms in total. The number of aromatic nitrogens is 1. The fraction of sp³-hybridized carbons (Fsp3) is 0.190. The van der Waals surface area contributed by atoms with Crippen molar-refractivity contribution in [2.45, 2.75) is 26.9 Å². The van der Waals surface area contributed by atoms with Crippen molar-refractivity contribution in [2.24, 2.45) is 0 Å². The first kappa shape index (κ1) is 17.6. The van der Waals surface area contributed by atoms with Gasteiger partial charge in [0, 0.05) is 17.3 Å². The minimum absolute atomic E-state index is 0.342. The highest BCUT2D eigenvalue weighted by atomic mass is 16.5. The standard InChI is InChI=1S/C21H20N2O3/c1-13-9-10-18(14(2)12-13)23-20(24)15(3)26-21(25)17-8-4-6-16-7-5-11-22-19(16)17/h4-12,15H,1-3H3,(H,23,24)/t15-/m0/s1. The van der Waals surface area contributed by atoms with E-state index in [2.05, 4.69) is 10.3 Å². The first-order valence-electron chi connectivity index (χ1n) is 8.38. The number of anilines is 1. The lowest BCUT2D eigenvalue weighted by Crippen LogP contribution is -2.30. The number of amides is 1. The van der Waals surface area contributed by atoms with Gasteiger partial charge in [-0.3, -0.25) is 9.78 Å². The number of aryl methyl sites for hydroxylation is 2. The second kappa shape index (κ2) is 7.35. The monoisotopic (exact) mass is 348 g/mol. The second-order valence-electron chi connectivity index (χ2n) is 6.24. The first-order chi connectivity index (χ1) is 12.5. The Bertz CT molecular complexity index is 977. The Morgan fingerprint density at radius 1 is 1.08 bits per heavy atom. The third kappa shape index (κ3) is 3.72. The second-order valence-corrected chi connectivity index (χ2v) is 6.24. The van der Waals surface area contributed by atoms with Crippen LogP contribution in [0.15, 0.2) is 54.7 Å². The van der Waals surface area contributed by atoms with Crippen molar-refractivity contribution in [1.29, 1.82) is 0 Å². The molecule has 0 fully saturated rings. The van der Waals surface area contributed by atoms with Gasteiger partial charge in [0.2, 0.25) is 0 Å². The first-order valence-corrected chi connectivity index (χ1v) is 8.38. The zero-order valence-electron chi connectivity index (χ0n) is 14.9. The summed E-state index contributed by atoms with van der Waals surface area (Å²) in [6.07, 6.45) is 0.692. The van der Waals surface area contributed by atoms with Crippen LogP contribution in [0.25, 0.3) is 10.9 Å². The van der Waals surface area contributed by atoms with Crippen molar-refractivity contribution in [1.82, 2.24) is 4.98 Å². The molecule has 5 heteroatoms. The Morgan fingerprint density at radius 3 is 2.62 bits per heavy atom. The smallest absolute Gasteiger partial charge is 0.341 e. The molecule has 0 bridgehead atoms. The van der Waals surface area contributed by atoms with Gasteiger partial charge in [-0.15, -0.1) is 0 Å². The van der Waals surface area contributed by atoms with Gasteiger partial charge in [-0.2, -0.15) is 0 Å². The maximum Gasteiger partial charge on any atom is 0.341 e. The number of para-hydroxylation sites is 1. The topological polar surface area (TPSA) is 68.3 Å². The summed E-state index contributed by atoms with van der Waals surface area (Å²) in [5.41, 5.74) is 3.67. The van der Waals surface area contributed by atoms with Crippen molar-refractivity contribution >= 4 is 28.5 Å². The number of esters is 1. The molecule has 1 N–H and O–H groups in total. The number of rotatable bonds is 4. The Hall–Kier alpha value is -3.21. The number of benzene rings is 2. The fourth-order valence-corrected chi connectivity index (χ4v) is 2.73. The van der Waals surface area contributed by atoms with Crippen LogP contribution in [0.5, 0.6) is 0 Å². The zero-order valence-corrected chi connectivity index (χ0v) is 14.9. The molecule has 1 atom stereocenters. The number of hydrogen-bond donors (Lipinski definition) is 1. The Balaban J connectivity index is 1.73. The third-order valence-electron chi connectivity index (χ3n) is 4.15. The number of pyridine rings is 1. The Kier molecular flexibility index (Phi) is 4.98. The highest BCUT2D eigenvalue weighted by Crippen LogP contribution is 2.19. The van der Waals surface area contributed by atoms with Gasteiger partial charge < -0.3 is 10.1 Å². The maximum atomic E-state index is 12.5. The molecule has 1 aromatic heterocycles. The number of carbonyl (C=O) groups excluding carboxylic acids is 2. The van der Waals surface area contributed by atoms with Gasteiger partial charge in [-0.1, -0.05) is 35.9 Å². The molecule has 3 rings (SSSR count). The van der Waals surface area contributed by atoms with Gasteiger partial charge in [-0.25, -0.2) is 4.79 Å². The highest BCUT2D eigenvalue weighted by Gasteiger charge is 2.21. The van der Waals surface area contributed by atoms with E-state index < -0.39 is 12.1 Å². The van der Waals surface area contributed by atoms with E-state index >= 15 is 0 Å². The minimum Gasteiger partial charge on any atom is -0.449 e. The molecule has 1 heterocycles. The van der Waals surface area contributed by atoms with Gasteiger partial charge in [-0.05, 0) is 44.5 Å². The molecule has 2 aromatic carbocycles. The van der Waals surface area contributed by atoms with Gasteiger partial charge in [0.25, 0.3) is 5.91 Å². The van der Waals surface area contributed by atoms with E-state index in [4.69, 9.17) is 4.74 Å². The van der Waals surface area contributed by atoms with E-state index in [0.29, 0.717) is 16.8 Å². The fourth-order valence-electron chi connectivity index (χ4n) is 2.73. The molecule has 0 spiro atoms. The minimum atomic E-state index is -0.929. The molecular weight excluding hydrogens is 328 g/mol. The quantitative estimate of drug-likeness (QED) is 0.723. The molecule has 132 valence electrons. The molecule has 0 aliphatic rings. The van der Waals surface area contributed by atoms with Crippen LogP contribution in [-0.2, 0) is 9.53 Å². The van der Waals surface area contributed by atoms with Gasteiger partial charge in [0.1, 0.15) is 0 Å². The molecule has 1 amide bonds. The summed E-state index contributed by atoms with van der Waals surface area (Å²) in [5, 5.41) is 3.64. The lowest BCUT2D eigenvalue weighted by atomic mass is 10.1. The molecule has 0 unspecified atom stereocenters. The summed E-state index contributed by atoms with van der Waals surface area (Å²) in [5.74, 6) is -0.948. The van der Waals surface area contributed by atoms with Crippen LogP contribution in [0.2, 0.25) is 0 Å². The SMILES string of the molecule is Cc1ccc(NC(=O)[C@H](C)OC(=O)c2cccc3cccnc23)c(C)c1. The summed E-state index contributed by atoms with van der Waals surface area (Å²) < 4.78 is 5.35. The summed E-state index contributed by atoms with van der Waals surface area (Å²) in [7, 11) is 0. The number of ether oxygens (including phenoxy) is 1. The average Bonchev–Trinajstić information content (AvgIpc) is 2.63. The molecule has 3 aromatic rings. The van der Waals surface area contributed by atoms with Crippen LogP contribution in [-0.4, -0.2) is 23.0 Å². The number of hydrogen-bond acceptors (Lipinski definition) is 4. The van der Waals surface area contributed by atoms with Crippen LogP contribution in [0.4, 0.5) is 5.69 Å². The summed E-state index contributed by atoms with van der Waals surface area (Å²) in [6, 6.07) is 14.7. The normalized spacial score (nSPS) is 11.8. The van der Waals surface area contributed by atoms with Crippen molar-refractivity contribution in [3.05, 3.63) is 71.4 Å². The number of nitrogens with zero attached hydrogens (tertiary/aromatic N) is 1. The van der Waals surface area contributed by atoms with E-state index in [-0.39, 0.29) is 5.91 Å². The van der Waals surface area contributed by atoms with Crippen LogP contribution < -0.4 is 5.32 Å². The third-order valence-corrected chi connectivity index (χ3v) is 4.15. The zero-order chi connectivity index (χ0) is 18.7. The molecule has 0 radical (unpaired) electrons. The van der Waals surface area contributed by atoms with Crippen LogP contribution >= 0.6 is 0 Å². The van der Waals surface area contributed by atoms with E-state index in [1.807, 2.05) is 44.2 Å². The van der Waals surface area contributed by atoms with Crippen LogP contribution in [0.1, 0.15) is 28.4 Å². The highest BCUT2D eigenvalue weighted by molar-refractivity contribution is 6.04. The molecular formula is C21H20N2O3. The predicted octanol–water partition coefficient (Wildman–Crippen LogP) is 4.04. The molecule has 0 aliphatic heterocycles. The van der Waals surface area contributed by atoms with Crippen LogP contribution in [0, 0.1) is 13.8 Å². The van der Waals surface area contributed by atoms with Gasteiger partial charge >= 0.3 is 5.97 Å². The Morgan fingerprint density at radius 2 is 1.85 bits per heavy atom. The van der Waals surface area contributed by atoms with Gasteiger partial charge in [0.05, 0.1) is 11.1 Å². The van der Waals surface area contributed by atoms with Gasteiger partial charge in [0.15, 0.2) is 6.10 Å². The lowest BCUT2D eigenvalue weighted by molar-refractivity contribution is -0.123.